The molecule has 2 atom stereocenters. The predicted octanol–water partition coefficient (Wildman–Crippen LogP) is 25.6. The summed E-state index contributed by atoms with van der Waals surface area (Å²) in [6.07, 6.45) is 3.65. The lowest BCUT2D eigenvalue weighted by Crippen LogP contribution is -2.30. The fraction of sp³-hybridized carbons (Fsp3) is 0.0638. The summed E-state index contributed by atoms with van der Waals surface area (Å²) in [6, 6.07) is 103. The van der Waals surface area contributed by atoms with E-state index in [1.807, 2.05) is 84.9 Å². The van der Waals surface area contributed by atoms with Gasteiger partial charge in [-0.3, -0.25) is 0 Å². The average molecular weight is 1310 g/mol. The quantitative estimate of drug-likeness (QED) is 0.0964. The third-order valence-corrected chi connectivity index (χ3v) is 20.6. The minimum atomic E-state index is -0.769. The minimum Gasteiger partial charge on any atom is -0.457 e. The monoisotopic (exact) mass is 1310 g/mol. The highest BCUT2D eigenvalue weighted by Gasteiger charge is 2.49. The zero-order valence-corrected chi connectivity index (χ0v) is 56.3. The first-order valence-electron chi connectivity index (χ1n) is 34.1. The zero-order valence-electron chi connectivity index (χ0n) is 56.3. The van der Waals surface area contributed by atoms with Gasteiger partial charge in [-0.05, 0) is 262 Å². The van der Waals surface area contributed by atoms with Gasteiger partial charge in [-0.2, -0.15) is 0 Å². The van der Waals surface area contributed by atoms with Crippen molar-refractivity contribution in [3.05, 3.63) is 406 Å². The first kappa shape index (κ1) is 62.0. The molecular formula is C94H68F2N2O3. The average Bonchev–Trinajstić information content (AvgIpc) is 1.55. The van der Waals surface area contributed by atoms with Crippen LogP contribution in [0.1, 0.15) is 77.9 Å². The fourth-order valence-electron chi connectivity index (χ4n) is 15.9. The van der Waals surface area contributed by atoms with Crippen LogP contribution in [0.15, 0.2) is 321 Å². The Hall–Kier alpha value is -12.6. The molecule has 0 amide bonds. The molecule has 1 heterocycles. The van der Waals surface area contributed by atoms with Gasteiger partial charge in [0.2, 0.25) is 0 Å². The molecule has 5 nitrogen and oxygen atoms in total. The fourth-order valence-corrected chi connectivity index (χ4v) is 15.9. The summed E-state index contributed by atoms with van der Waals surface area (Å²) in [7, 11) is 0. The highest BCUT2D eigenvalue weighted by molar-refractivity contribution is 6.07. The number of fused-ring (bicyclic) bond motifs is 9. The van der Waals surface area contributed by atoms with Gasteiger partial charge in [0.25, 0.3) is 0 Å². The first-order valence-corrected chi connectivity index (χ1v) is 34.1. The molecule has 0 fully saturated rings. The molecule has 0 N–H and O–H groups in total. The topological polar surface area (TPSA) is 38.1 Å². The van der Waals surface area contributed by atoms with Gasteiger partial charge < -0.3 is 23.7 Å². The largest absolute Gasteiger partial charge is 0.457 e. The summed E-state index contributed by atoms with van der Waals surface area (Å²) < 4.78 is 50.4. The maximum atomic E-state index is 15.2. The lowest BCUT2D eigenvalue weighted by Gasteiger charge is -2.36. The van der Waals surface area contributed by atoms with Gasteiger partial charge in [0.05, 0.1) is 10.8 Å². The molecule has 0 saturated carbocycles. The maximum absolute atomic E-state index is 15.2. The van der Waals surface area contributed by atoms with Gasteiger partial charge in [-0.1, -0.05) is 182 Å². The molecular weight excluding hydrogens is 1240 g/mol. The third kappa shape index (κ3) is 10.4. The Balaban J connectivity index is 0.792. The molecule has 0 aliphatic heterocycles. The van der Waals surface area contributed by atoms with Crippen molar-refractivity contribution in [2.24, 2.45) is 0 Å². The number of ether oxygens (including phenoxy) is 2. The number of hydrogen-bond donors (Lipinski definition) is 0. The van der Waals surface area contributed by atoms with E-state index in [0.29, 0.717) is 11.2 Å². The van der Waals surface area contributed by atoms with E-state index in [1.165, 1.54) is 46.5 Å². The standard InChI is InChI=1S/C94H68F2N2O3/c1-7-63-21-41-75(42-22-63)99-77-45-25-65(26-46-77)93(87-53-59(3)17-19-61(87)5)85-15-11-9-13-79(85)81-49-37-71(55-89(81)93)97(69-33-29-67(95)30-34-69)73-39-51-83-84-52-40-74(58-92(84)101-91(83)57-73)98(70-35-31-68(96)32-36-70)72-38-50-82-80-14-10-12-16-86(80)94(90(82)56-72,88-54-60(4)18-20-62(88)6)66-27-47-78(48-28-66)100-76-43-23-64(8-2)24-44-76/h7-58H,1-2H2,3-6H3. The summed E-state index contributed by atoms with van der Waals surface area (Å²) in [5.74, 6) is 2.25. The molecule has 0 radical (unpaired) electrons. The van der Waals surface area contributed by atoms with Gasteiger partial charge in [-0.25, -0.2) is 8.78 Å². The number of hydrogen-bond acceptors (Lipinski definition) is 5. The van der Waals surface area contributed by atoms with Gasteiger partial charge in [0.1, 0.15) is 45.8 Å². The van der Waals surface area contributed by atoms with Crippen molar-refractivity contribution in [2.75, 3.05) is 9.80 Å². The van der Waals surface area contributed by atoms with Crippen LogP contribution in [0.2, 0.25) is 0 Å². The van der Waals surface area contributed by atoms with E-state index in [1.54, 1.807) is 0 Å². The molecule has 7 heteroatoms. The molecule has 2 unspecified atom stereocenters. The van der Waals surface area contributed by atoms with Crippen LogP contribution in [0.3, 0.4) is 0 Å². The van der Waals surface area contributed by atoms with Crippen LogP contribution in [0.5, 0.6) is 23.0 Å². The molecule has 15 aromatic rings. The van der Waals surface area contributed by atoms with E-state index in [0.717, 1.165) is 146 Å². The number of halogens is 2. The second-order valence-corrected chi connectivity index (χ2v) is 26.6. The van der Waals surface area contributed by atoms with Gasteiger partial charge >= 0.3 is 0 Å². The van der Waals surface area contributed by atoms with Crippen molar-refractivity contribution in [3.63, 3.8) is 0 Å². The summed E-state index contributed by atoms with van der Waals surface area (Å²) in [6.45, 7) is 16.6. The predicted molar refractivity (Wildman–Crippen MR) is 410 cm³/mol. The molecule has 0 bridgehead atoms. The van der Waals surface area contributed by atoms with E-state index < -0.39 is 10.8 Å². The van der Waals surface area contributed by atoms with Crippen LogP contribution in [0.4, 0.5) is 42.9 Å². The molecule has 0 saturated heterocycles. The number of furan rings is 1. The Bertz CT molecular complexity index is 5410. The van der Waals surface area contributed by atoms with Crippen molar-refractivity contribution in [1.82, 2.24) is 0 Å². The van der Waals surface area contributed by atoms with E-state index in [2.05, 4.69) is 257 Å². The second-order valence-electron chi connectivity index (χ2n) is 26.6. The van der Waals surface area contributed by atoms with Crippen molar-refractivity contribution in [2.45, 2.75) is 38.5 Å². The van der Waals surface area contributed by atoms with Crippen LogP contribution >= 0.6 is 0 Å². The number of rotatable bonds is 16. The number of benzene rings is 14. The lowest BCUT2D eigenvalue weighted by atomic mass is 9.66. The summed E-state index contributed by atoms with van der Waals surface area (Å²) in [5.41, 5.74) is 25.1. The van der Waals surface area contributed by atoms with E-state index in [4.69, 9.17) is 13.9 Å². The molecule has 101 heavy (non-hydrogen) atoms. The SMILES string of the molecule is C=Cc1ccc(Oc2ccc(C3(c4cc(C)ccc4C)c4ccccc4-c4ccc(N(c5ccc(F)cc5)c5ccc6c(c5)oc5cc(N(c7ccc(F)cc7)c7ccc8c(c7)C(c7ccc(Oc9ccc(C=C)cc9)cc7)(c7cc(C)ccc7C)c7ccccc7-8)ccc56)cc43)cc2)cc1. The van der Waals surface area contributed by atoms with Crippen molar-refractivity contribution < 1.29 is 22.7 Å². The van der Waals surface area contributed by atoms with Gasteiger partial charge in [-0.15, -0.1) is 0 Å². The zero-order chi connectivity index (χ0) is 68.7. The third-order valence-electron chi connectivity index (χ3n) is 20.6. The Morgan fingerprint density at radius 1 is 0.317 bits per heavy atom. The van der Waals surface area contributed by atoms with E-state index >= 15 is 8.78 Å². The number of anilines is 6. The Morgan fingerprint density at radius 2 is 0.653 bits per heavy atom. The van der Waals surface area contributed by atoms with Crippen LogP contribution in [-0.2, 0) is 10.8 Å². The summed E-state index contributed by atoms with van der Waals surface area (Å²) in [5, 5.41) is 1.86. The van der Waals surface area contributed by atoms with E-state index in [9.17, 15) is 0 Å². The lowest BCUT2D eigenvalue weighted by molar-refractivity contribution is 0.482. The highest BCUT2D eigenvalue weighted by Crippen LogP contribution is 2.61. The summed E-state index contributed by atoms with van der Waals surface area (Å²) in [4.78, 5) is 4.38. The first-order chi connectivity index (χ1) is 49.3. The van der Waals surface area contributed by atoms with Crippen LogP contribution < -0.4 is 19.3 Å². The molecule has 17 rings (SSSR count). The summed E-state index contributed by atoms with van der Waals surface area (Å²) >= 11 is 0. The molecule has 1 aromatic heterocycles. The molecule has 486 valence electrons. The number of aryl methyl sites for hydroxylation is 4. The van der Waals surface area contributed by atoms with Crippen LogP contribution in [0.25, 0.3) is 56.3 Å². The molecule has 2 aliphatic rings. The van der Waals surface area contributed by atoms with Crippen molar-refractivity contribution in [1.29, 1.82) is 0 Å². The van der Waals surface area contributed by atoms with Crippen molar-refractivity contribution >= 4 is 68.2 Å². The Morgan fingerprint density at radius 3 is 1.04 bits per heavy atom. The second kappa shape index (κ2) is 24.7. The van der Waals surface area contributed by atoms with Crippen LogP contribution in [-0.4, -0.2) is 0 Å². The highest BCUT2D eigenvalue weighted by atomic mass is 19.1. The number of nitrogens with zero attached hydrogens (tertiary/aromatic N) is 2. The van der Waals surface area contributed by atoms with Gasteiger partial charge in [0.15, 0.2) is 0 Å². The molecule has 0 spiro atoms. The smallest absolute Gasteiger partial charge is 0.137 e. The van der Waals surface area contributed by atoms with Crippen LogP contribution in [0, 0.1) is 39.3 Å². The maximum Gasteiger partial charge on any atom is 0.137 e. The minimum absolute atomic E-state index is 0.333. The Kier molecular flexibility index (Phi) is 15.2. The van der Waals surface area contributed by atoms with E-state index in [-0.39, 0.29) is 11.6 Å². The van der Waals surface area contributed by atoms with Gasteiger partial charge in [0, 0.05) is 57.0 Å². The Labute approximate surface area is 587 Å². The normalized spacial score (nSPS) is 14.8. The molecule has 2 aliphatic carbocycles. The van der Waals surface area contributed by atoms with Crippen molar-refractivity contribution in [3.8, 4) is 45.3 Å². The molecule has 14 aromatic carbocycles.